The van der Waals surface area contributed by atoms with E-state index in [-0.39, 0.29) is 18.5 Å². The van der Waals surface area contributed by atoms with Crippen molar-refractivity contribution in [2.45, 2.75) is 19.0 Å². The summed E-state index contributed by atoms with van der Waals surface area (Å²) < 4.78 is 13.6. The third-order valence-corrected chi connectivity index (χ3v) is 3.73. The summed E-state index contributed by atoms with van der Waals surface area (Å²) in [6.45, 7) is 0.661. The van der Waals surface area contributed by atoms with Gasteiger partial charge in [0, 0.05) is 12.6 Å². The van der Waals surface area contributed by atoms with Crippen molar-refractivity contribution in [2.24, 2.45) is 0 Å². The van der Waals surface area contributed by atoms with E-state index in [9.17, 15) is 9.50 Å². The van der Waals surface area contributed by atoms with Gasteiger partial charge in [-0.05, 0) is 45.6 Å². The zero-order valence-corrected chi connectivity index (χ0v) is 12.6. The number of nitrogens with one attached hydrogen (secondary N) is 1. The summed E-state index contributed by atoms with van der Waals surface area (Å²) in [6, 6.07) is 14.9. The van der Waals surface area contributed by atoms with Crippen LogP contribution in [0.1, 0.15) is 11.1 Å². The molecule has 2 aromatic carbocycles. The lowest BCUT2D eigenvalue weighted by Crippen LogP contribution is -2.34. The highest BCUT2D eigenvalue weighted by atomic mass is 79.9. The maximum atomic E-state index is 13.1. The first-order chi connectivity index (χ1) is 9.69. The molecule has 0 saturated heterocycles. The molecular weight excluding hydrogens is 321 g/mol. The molecule has 106 valence electrons. The Morgan fingerprint density at radius 1 is 1.10 bits per heavy atom. The minimum Gasteiger partial charge on any atom is -0.395 e. The van der Waals surface area contributed by atoms with Crippen LogP contribution in [0.3, 0.4) is 0 Å². The molecule has 0 aromatic heterocycles. The zero-order chi connectivity index (χ0) is 14.4. The van der Waals surface area contributed by atoms with E-state index < -0.39 is 0 Å². The number of aliphatic hydroxyl groups excluding tert-OH is 1. The molecule has 0 radical (unpaired) electrons. The SMILES string of the molecule is OC[C@H](Cc1ccccc1)NCc1ccc(F)c(Br)c1. The predicted molar refractivity (Wildman–Crippen MR) is 82.0 cm³/mol. The third-order valence-electron chi connectivity index (χ3n) is 3.12. The van der Waals surface area contributed by atoms with E-state index in [4.69, 9.17) is 0 Å². The number of hydrogen-bond donors (Lipinski definition) is 2. The first kappa shape index (κ1) is 15.2. The maximum Gasteiger partial charge on any atom is 0.137 e. The second-order valence-corrected chi connectivity index (χ2v) is 5.55. The monoisotopic (exact) mass is 337 g/mol. The lowest BCUT2D eigenvalue weighted by molar-refractivity contribution is 0.241. The summed E-state index contributed by atoms with van der Waals surface area (Å²) in [5.41, 5.74) is 2.16. The van der Waals surface area contributed by atoms with E-state index in [1.165, 1.54) is 11.6 Å². The molecule has 0 bridgehead atoms. The Morgan fingerprint density at radius 2 is 1.85 bits per heavy atom. The van der Waals surface area contributed by atoms with Crippen LogP contribution in [0.4, 0.5) is 4.39 Å². The predicted octanol–water partition coefficient (Wildman–Crippen LogP) is 3.28. The molecule has 0 aliphatic rings. The average Bonchev–Trinajstić information content (AvgIpc) is 2.48. The Bertz CT molecular complexity index is 547. The van der Waals surface area contributed by atoms with Gasteiger partial charge < -0.3 is 10.4 Å². The van der Waals surface area contributed by atoms with Crippen LogP contribution >= 0.6 is 15.9 Å². The highest BCUT2D eigenvalue weighted by Crippen LogP contribution is 2.16. The summed E-state index contributed by atoms with van der Waals surface area (Å²) in [5.74, 6) is -0.267. The Kier molecular flexibility index (Phi) is 5.71. The van der Waals surface area contributed by atoms with E-state index in [0.717, 1.165) is 12.0 Å². The van der Waals surface area contributed by atoms with Crippen LogP contribution in [0.5, 0.6) is 0 Å². The molecule has 2 rings (SSSR count). The molecule has 0 heterocycles. The molecule has 2 N–H and O–H groups in total. The van der Waals surface area contributed by atoms with Gasteiger partial charge in [-0.2, -0.15) is 0 Å². The minimum absolute atomic E-state index is 0.0128. The minimum atomic E-state index is -0.267. The molecule has 1 atom stereocenters. The van der Waals surface area contributed by atoms with Crippen molar-refractivity contribution in [3.05, 3.63) is 69.9 Å². The summed E-state index contributed by atoms with van der Waals surface area (Å²) in [5, 5.41) is 12.7. The van der Waals surface area contributed by atoms with E-state index in [1.807, 2.05) is 30.3 Å². The number of benzene rings is 2. The molecule has 0 amide bonds. The highest BCUT2D eigenvalue weighted by molar-refractivity contribution is 9.10. The highest BCUT2D eigenvalue weighted by Gasteiger charge is 2.08. The summed E-state index contributed by atoms with van der Waals surface area (Å²) in [4.78, 5) is 0. The molecule has 2 aromatic rings. The number of hydrogen-bond acceptors (Lipinski definition) is 2. The lowest BCUT2D eigenvalue weighted by Gasteiger charge is -2.16. The van der Waals surface area contributed by atoms with Crippen LogP contribution in [0.2, 0.25) is 0 Å². The average molecular weight is 338 g/mol. The van der Waals surface area contributed by atoms with Crippen molar-refractivity contribution >= 4 is 15.9 Å². The van der Waals surface area contributed by atoms with E-state index in [2.05, 4.69) is 21.2 Å². The van der Waals surface area contributed by atoms with Crippen molar-refractivity contribution in [3.63, 3.8) is 0 Å². The number of rotatable bonds is 6. The fraction of sp³-hybridized carbons (Fsp3) is 0.250. The van der Waals surface area contributed by atoms with Crippen LogP contribution in [0, 0.1) is 5.82 Å². The van der Waals surface area contributed by atoms with Crippen molar-refractivity contribution < 1.29 is 9.50 Å². The normalized spacial score (nSPS) is 12.3. The topological polar surface area (TPSA) is 32.3 Å². The number of aliphatic hydroxyl groups is 1. The third kappa shape index (κ3) is 4.40. The molecule has 0 fully saturated rings. The van der Waals surface area contributed by atoms with Crippen LogP contribution in [-0.2, 0) is 13.0 Å². The molecule has 0 aliphatic carbocycles. The standard InChI is InChI=1S/C16H17BrFNO/c17-15-9-13(6-7-16(15)18)10-19-14(11-20)8-12-4-2-1-3-5-12/h1-7,9,14,19-20H,8,10-11H2/t14-/m0/s1. The van der Waals surface area contributed by atoms with Crippen molar-refractivity contribution in [1.82, 2.24) is 5.32 Å². The largest absolute Gasteiger partial charge is 0.395 e. The van der Waals surface area contributed by atoms with Gasteiger partial charge >= 0.3 is 0 Å². The van der Waals surface area contributed by atoms with Gasteiger partial charge in [0.1, 0.15) is 5.82 Å². The fourth-order valence-corrected chi connectivity index (χ4v) is 2.44. The Hall–Kier alpha value is -1.23. The van der Waals surface area contributed by atoms with Crippen molar-refractivity contribution in [1.29, 1.82) is 0 Å². The maximum absolute atomic E-state index is 13.1. The van der Waals surface area contributed by atoms with Gasteiger partial charge in [0.05, 0.1) is 11.1 Å². The van der Waals surface area contributed by atoms with Gasteiger partial charge in [-0.1, -0.05) is 36.4 Å². The molecule has 0 saturated carbocycles. The zero-order valence-electron chi connectivity index (χ0n) is 11.0. The van der Waals surface area contributed by atoms with Gasteiger partial charge in [-0.3, -0.25) is 0 Å². The van der Waals surface area contributed by atoms with Gasteiger partial charge in [-0.25, -0.2) is 4.39 Å². The quantitative estimate of drug-likeness (QED) is 0.847. The van der Waals surface area contributed by atoms with E-state index >= 15 is 0 Å². The van der Waals surface area contributed by atoms with Crippen molar-refractivity contribution in [3.8, 4) is 0 Å². The van der Waals surface area contributed by atoms with Gasteiger partial charge in [-0.15, -0.1) is 0 Å². The molecule has 4 heteroatoms. The Labute approximate surface area is 126 Å². The Balaban J connectivity index is 1.92. The van der Waals surface area contributed by atoms with E-state index in [0.29, 0.717) is 11.0 Å². The second-order valence-electron chi connectivity index (χ2n) is 4.70. The van der Waals surface area contributed by atoms with Gasteiger partial charge in [0.15, 0.2) is 0 Å². The molecule has 0 aliphatic heterocycles. The van der Waals surface area contributed by atoms with Gasteiger partial charge in [0.25, 0.3) is 0 Å². The molecular formula is C16H17BrFNO. The molecule has 20 heavy (non-hydrogen) atoms. The van der Waals surface area contributed by atoms with Crippen LogP contribution < -0.4 is 5.32 Å². The van der Waals surface area contributed by atoms with Gasteiger partial charge in [0.2, 0.25) is 0 Å². The smallest absolute Gasteiger partial charge is 0.137 e. The summed E-state index contributed by atoms with van der Waals surface area (Å²) in [7, 11) is 0. The summed E-state index contributed by atoms with van der Waals surface area (Å²) >= 11 is 3.17. The lowest BCUT2D eigenvalue weighted by atomic mass is 10.1. The van der Waals surface area contributed by atoms with E-state index in [1.54, 1.807) is 12.1 Å². The second kappa shape index (κ2) is 7.53. The fourth-order valence-electron chi connectivity index (χ4n) is 2.01. The van der Waals surface area contributed by atoms with Crippen LogP contribution in [0.25, 0.3) is 0 Å². The first-order valence-electron chi connectivity index (χ1n) is 6.51. The number of halogens is 2. The van der Waals surface area contributed by atoms with Crippen molar-refractivity contribution in [2.75, 3.05) is 6.61 Å². The molecule has 2 nitrogen and oxygen atoms in total. The van der Waals surface area contributed by atoms with Crippen LogP contribution in [-0.4, -0.2) is 17.8 Å². The Morgan fingerprint density at radius 3 is 2.50 bits per heavy atom. The first-order valence-corrected chi connectivity index (χ1v) is 7.30. The summed E-state index contributed by atoms with van der Waals surface area (Å²) in [6.07, 6.45) is 0.764. The van der Waals surface area contributed by atoms with Crippen LogP contribution in [0.15, 0.2) is 53.0 Å². The molecule has 0 unspecified atom stereocenters. The molecule has 0 spiro atoms.